The minimum absolute atomic E-state index is 0.0390. The van der Waals surface area contributed by atoms with E-state index in [0.29, 0.717) is 18.8 Å². The molecule has 146 valence electrons. The number of carbonyl (C=O) groups excluding carboxylic acids is 1. The van der Waals surface area contributed by atoms with Crippen molar-refractivity contribution in [2.75, 3.05) is 0 Å². The summed E-state index contributed by atoms with van der Waals surface area (Å²) in [5, 5.41) is 1.07. The number of hydrogen-bond acceptors (Lipinski definition) is 5. The molecule has 0 unspecified atom stereocenters. The highest BCUT2D eigenvalue weighted by Crippen LogP contribution is 2.32. The highest BCUT2D eigenvalue weighted by Gasteiger charge is 2.33. The van der Waals surface area contributed by atoms with Crippen LogP contribution in [-0.2, 0) is 17.7 Å². The van der Waals surface area contributed by atoms with E-state index in [2.05, 4.69) is 15.0 Å². The number of rotatable bonds is 2. The van der Waals surface area contributed by atoms with Crippen LogP contribution < -0.4 is 4.74 Å². The molecular formula is C21H24N4O3. The van der Waals surface area contributed by atoms with E-state index in [1.165, 1.54) is 6.33 Å². The summed E-state index contributed by atoms with van der Waals surface area (Å²) in [5.74, 6) is 1.26. The van der Waals surface area contributed by atoms with Crippen LogP contribution in [0.15, 0.2) is 36.8 Å². The van der Waals surface area contributed by atoms with Gasteiger partial charge in [-0.1, -0.05) is 0 Å². The van der Waals surface area contributed by atoms with Crippen LogP contribution in [0.2, 0.25) is 0 Å². The van der Waals surface area contributed by atoms with E-state index in [0.717, 1.165) is 27.9 Å². The van der Waals surface area contributed by atoms with E-state index in [1.54, 1.807) is 4.90 Å². The Morgan fingerprint density at radius 2 is 2.07 bits per heavy atom. The van der Waals surface area contributed by atoms with Gasteiger partial charge in [0.15, 0.2) is 0 Å². The zero-order valence-electron chi connectivity index (χ0n) is 16.5. The van der Waals surface area contributed by atoms with Gasteiger partial charge < -0.3 is 14.5 Å². The number of aromatic nitrogens is 3. The van der Waals surface area contributed by atoms with Gasteiger partial charge in [0.1, 0.15) is 17.7 Å². The van der Waals surface area contributed by atoms with Gasteiger partial charge in [-0.05, 0) is 58.4 Å². The summed E-state index contributed by atoms with van der Waals surface area (Å²) in [4.78, 5) is 26.1. The van der Waals surface area contributed by atoms with Crippen LogP contribution in [0.5, 0.6) is 11.6 Å². The summed E-state index contributed by atoms with van der Waals surface area (Å²) >= 11 is 0. The van der Waals surface area contributed by atoms with Crippen molar-refractivity contribution in [2.45, 2.75) is 52.3 Å². The number of ether oxygens (including phenoxy) is 2. The molecular weight excluding hydrogens is 356 g/mol. The van der Waals surface area contributed by atoms with Gasteiger partial charge in [0.2, 0.25) is 5.88 Å². The Morgan fingerprint density at radius 1 is 1.25 bits per heavy atom. The van der Waals surface area contributed by atoms with Gasteiger partial charge in [0.05, 0.1) is 12.2 Å². The van der Waals surface area contributed by atoms with Crippen LogP contribution in [0, 0.1) is 0 Å². The van der Waals surface area contributed by atoms with Crippen LogP contribution in [0.1, 0.15) is 39.0 Å². The molecule has 0 saturated carbocycles. The molecule has 1 amide bonds. The lowest BCUT2D eigenvalue weighted by molar-refractivity contribution is 0.0133. The van der Waals surface area contributed by atoms with E-state index in [-0.39, 0.29) is 12.1 Å². The Hall–Kier alpha value is -3.09. The molecule has 1 atom stereocenters. The average Bonchev–Trinajstić information content (AvgIpc) is 3.08. The highest BCUT2D eigenvalue weighted by atomic mass is 16.6. The lowest BCUT2D eigenvalue weighted by Gasteiger charge is -2.35. The second-order valence-corrected chi connectivity index (χ2v) is 8.09. The van der Waals surface area contributed by atoms with E-state index in [9.17, 15) is 4.79 Å². The van der Waals surface area contributed by atoms with Crippen molar-refractivity contribution in [1.82, 2.24) is 19.9 Å². The molecule has 0 fully saturated rings. The van der Waals surface area contributed by atoms with Crippen molar-refractivity contribution in [3.8, 4) is 11.6 Å². The Labute approximate surface area is 163 Å². The number of carbonyl (C=O) groups is 1. The van der Waals surface area contributed by atoms with Crippen molar-refractivity contribution in [1.29, 1.82) is 0 Å². The van der Waals surface area contributed by atoms with Gasteiger partial charge >= 0.3 is 6.09 Å². The molecule has 3 aromatic rings. The normalized spacial score (nSPS) is 16.7. The predicted octanol–water partition coefficient (Wildman–Crippen LogP) is 4.43. The monoisotopic (exact) mass is 380 g/mol. The second-order valence-electron chi connectivity index (χ2n) is 8.09. The third-order valence-corrected chi connectivity index (χ3v) is 4.71. The molecule has 1 aliphatic rings. The number of benzene rings is 1. The van der Waals surface area contributed by atoms with Gasteiger partial charge in [0, 0.05) is 28.7 Å². The number of hydrogen-bond donors (Lipinski definition) is 1. The van der Waals surface area contributed by atoms with Crippen molar-refractivity contribution >= 4 is 17.0 Å². The summed E-state index contributed by atoms with van der Waals surface area (Å²) in [6.07, 6.45) is 3.65. The molecule has 1 aliphatic heterocycles. The molecule has 0 saturated heterocycles. The largest absolute Gasteiger partial charge is 0.444 e. The number of nitrogens with one attached hydrogen (secondary N) is 1. The highest BCUT2D eigenvalue weighted by molar-refractivity contribution is 5.80. The van der Waals surface area contributed by atoms with Gasteiger partial charge in [-0.3, -0.25) is 4.90 Å². The molecule has 28 heavy (non-hydrogen) atoms. The lowest BCUT2D eigenvalue weighted by atomic mass is 10.00. The Balaban J connectivity index is 1.58. The lowest BCUT2D eigenvalue weighted by Crippen LogP contribution is -2.45. The quantitative estimate of drug-likeness (QED) is 0.711. The first kappa shape index (κ1) is 18.3. The Morgan fingerprint density at radius 3 is 2.86 bits per heavy atom. The molecule has 0 bridgehead atoms. The SMILES string of the molecule is C[C@H]1Cc2c(ncnc2Oc2ccc3[nH]ccc3c2)CN1C(=O)OC(C)(C)C. The summed E-state index contributed by atoms with van der Waals surface area (Å²) in [5.41, 5.74) is 2.24. The minimum atomic E-state index is -0.534. The number of nitrogens with zero attached hydrogens (tertiary/aromatic N) is 3. The van der Waals surface area contributed by atoms with Crippen molar-refractivity contribution in [3.05, 3.63) is 48.0 Å². The van der Waals surface area contributed by atoms with Crippen LogP contribution >= 0.6 is 0 Å². The first-order valence-electron chi connectivity index (χ1n) is 9.37. The van der Waals surface area contributed by atoms with Crippen molar-refractivity contribution < 1.29 is 14.3 Å². The smallest absolute Gasteiger partial charge is 0.410 e. The predicted molar refractivity (Wildman–Crippen MR) is 105 cm³/mol. The molecule has 0 aliphatic carbocycles. The fraction of sp³-hybridized carbons (Fsp3) is 0.381. The molecule has 7 heteroatoms. The molecule has 2 aromatic heterocycles. The fourth-order valence-electron chi connectivity index (χ4n) is 3.35. The van der Waals surface area contributed by atoms with Crippen molar-refractivity contribution in [2.24, 2.45) is 0 Å². The van der Waals surface area contributed by atoms with Crippen LogP contribution in [0.3, 0.4) is 0 Å². The Bertz CT molecular complexity index is 1020. The second kappa shape index (κ2) is 6.82. The molecule has 7 nitrogen and oxygen atoms in total. The fourth-order valence-corrected chi connectivity index (χ4v) is 3.35. The third kappa shape index (κ3) is 3.65. The first-order chi connectivity index (χ1) is 13.3. The van der Waals surface area contributed by atoms with Crippen LogP contribution in [-0.4, -0.2) is 37.6 Å². The topological polar surface area (TPSA) is 80.3 Å². The van der Waals surface area contributed by atoms with Gasteiger partial charge in [-0.15, -0.1) is 0 Å². The average molecular weight is 380 g/mol. The van der Waals surface area contributed by atoms with Gasteiger partial charge in [-0.25, -0.2) is 14.8 Å². The van der Waals surface area contributed by atoms with Gasteiger partial charge in [-0.2, -0.15) is 0 Å². The first-order valence-corrected chi connectivity index (χ1v) is 9.37. The maximum absolute atomic E-state index is 12.5. The van der Waals surface area contributed by atoms with E-state index < -0.39 is 5.60 Å². The standard InChI is InChI=1S/C21H24N4O3/c1-13-9-16-18(11-25(13)20(26)28-21(2,3)4)23-12-24-19(16)27-15-5-6-17-14(10-15)7-8-22-17/h5-8,10,12-13,22H,9,11H2,1-4H3/t13-/m0/s1. The summed E-state index contributed by atoms with van der Waals surface area (Å²) < 4.78 is 11.6. The zero-order valence-corrected chi connectivity index (χ0v) is 16.5. The maximum atomic E-state index is 12.5. The number of aromatic amines is 1. The number of fused-ring (bicyclic) bond motifs is 2. The number of H-pyrrole nitrogens is 1. The van der Waals surface area contributed by atoms with Crippen LogP contribution in [0.4, 0.5) is 4.79 Å². The maximum Gasteiger partial charge on any atom is 0.410 e. The molecule has 3 heterocycles. The molecule has 4 rings (SSSR count). The molecule has 1 N–H and O–H groups in total. The van der Waals surface area contributed by atoms with E-state index in [1.807, 2.05) is 58.2 Å². The van der Waals surface area contributed by atoms with E-state index in [4.69, 9.17) is 9.47 Å². The summed E-state index contributed by atoms with van der Waals surface area (Å²) in [6, 6.07) is 7.82. The summed E-state index contributed by atoms with van der Waals surface area (Å²) in [7, 11) is 0. The third-order valence-electron chi connectivity index (χ3n) is 4.71. The van der Waals surface area contributed by atoms with Gasteiger partial charge in [0.25, 0.3) is 0 Å². The molecule has 0 radical (unpaired) electrons. The minimum Gasteiger partial charge on any atom is -0.444 e. The summed E-state index contributed by atoms with van der Waals surface area (Å²) in [6.45, 7) is 7.96. The zero-order chi connectivity index (χ0) is 19.9. The Kier molecular flexibility index (Phi) is 4.45. The number of amides is 1. The molecule has 1 aromatic carbocycles. The van der Waals surface area contributed by atoms with E-state index >= 15 is 0 Å². The van der Waals surface area contributed by atoms with Crippen molar-refractivity contribution in [3.63, 3.8) is 0 Å². The molecule has 0 spiro atoms. The van der Waals surface area contributed by atoms with Crippen LogP contribution in [0.25, 0.3) is 10.9 Å².